The molecule has 0 bridgehead atoms. The van der Waals surface area contributed by atoms with Crippen LogP contribution < -0.4 is 0 Å². The topological polar surface area (TPSA) is 68.0 Å². The van der Waals surface area contributed by atoms with Crippen LogP contribution in [0.2, 0.25) is 0 Å². The SMILES string of the molecule is CC(C)n1cc(-c2nc(C3CC3)c(C(=O)O)s2)cn1. The summed E-state index contributed by atoms with van der Waals surface area (Å²) in [6.45, 7) is 4.11. The Hall–Kier alpha value is -1.69. The molecule has 0 aliphatic heterocycles. The van der Waals surface area contributed by atoms with Crippen LogP contribution in [0.5, 0.6) is 0 Å². The fourth-order valence-corrected chi connectivity index (χ4v) is 2.94. The van der Waals surface area contributed by atoms with Gasteiger partial charge in [-0.1, -0.05) is 0 Å². The molecule has 1 saturated carbocycles. The van der Waals surface area contributed by atoms with Crippen molar-refractivity contribution in [3.8, 4) is 10.6 Å². The molecule has 5 nitrogen and oxygen atoms in total. The summed E-state index contributed by atoms with van der Waals surface area (Å²) >= 11 is 1.25. The van der Waals surface area contributed by atoms with Crippen molar-refractivity contribution >= 4 is 17.3 Å². The number of nitrogens with zero attached hydrogens (tertiary/aromatic N) is 3. The van der Waals surface area contributed by atoms with Gasteiger partial charge in [0, 0.05) is 23.7 Å². The van der Waals surface area contributed by atoms with E-state index in [9.17, 15) is 9.90 Å². The molecule has 0 unspecified atom stereocenters. The number of aromatic nitrogens is 3. The van der Waals surface area contributed by atoms with Crippen molar-refractivity contribution < 1.29 is 9.90 Å². The van der Waals surface area contributed by atoms with Gasteiger partial charge in [0.25, 0.3) is 0 Å². The summed E-state index contributed by atoms with van der Waals surface area (Å²) in [6.07, 6.45) is 5.77. The zero-order valence-corrected chi connectivity index (χ0v) is 11.6. The fraction of sp³-hybridized carbons (Fsp3) is 0.462. The highest BCUT2D eigenvalue weighted by molar-refractivity contribution is 7.17. The second-order valence-electron chi connectivity index (χ2n) is 5.12. The van der Waals surface area contributed by atoms with Crippen molar-refractivity contribution in [3.63, 3.8) is 0 Å². The Morgan fingerprint density at radius 3 is 2.79 bits per heavy atom. The van der Waals surface area contributed by atoms with E-state index in [4.69, 9.17) is 0 Å². The van der Waals surface area contributed by atoms with Gasteiger partial charge in [0.2, 0.25) is 0 Å². The highest BCUT2D eigenvalue weighted by Gasteiger charge is 2.32. The summed E-state index contributed by atoms with van der Waals surface area (Å²) in [5.41, 5.74) is 1.65. The van der Waals surface area contributed by atoms with Crippen LogP contribution in [-0.2, 0) is 0 Å². The second-order valence-corrected chi connectivity index (χ2v) is 6.11. The molecular formula is C13H15N3O2S. The van der Waals surface area contributed by atoms with Gasteiger partial charge in [0.15, 0.2) is 0 Å². The smallest absolute Gasteiger partial charge is 0.347 e. The number of carboxylic acids is 1. The molecule has 0 aromatic carbocycles. The minimum absolute atomic E-state index is 0.288. The van der Waals surface area contributed by atoms with Crippen molar-refractivity contribution in [2.45, 2.75) is 38.6 Å². The molecule has 0 amide bonds. The van der Waals surface area contributed by atoms with Crippen LogP contribution in [0.15, 0.2) is 12.4 Å². The van der Waals surface area contributed by atoms with E-state index in [2.05, 4.69) is 23.9 Å². The highest BCUT2D eigenvalue weighted by Crippen LogP contribution is 2.44. The molecule has 1 aliphatic carbocycles. The lowest BCUT2D eigenvalue weighted by Crippen LogP contribution is -1.99. The highest BCUT2D eigenvalue weighted by atomic mass is 32.1. The van der Waals surface area contributed by atoms with Crippen LogP contribution in [0.3, 0.4) is 0 Å². The maximum atomic E-state index is 11.3. The second kappa shape index (κ2) is 4.45. The summed E-state index contributed by atoms with van der Waals surface area (Å²) in [6, 6.07) is 0.288. The monoisotopic (exact) mass is 277 g/mol. The number of thiazole rings is 1. The maximum Gasteiger partial charge on any atom is 0.347 e. The lowest BCUT2D eigenvalue weighted by atomic mass is 10.2. The van der Waals surface area contributed by atoms with Gasteiger partial charge in [0.05, 0.1) is 11.9 Å². The summed E-state index contributed by atoms with van der Waals surface area (Å²) in [5, 5.41) is 14.3. The third kappa shape index (κ3) is 2.28. The normalized spacial score (nSPS) is 15.1. The van der Waals surface area contributed by atoms with Crippen LogP contribution in [0.4, 0.5) is 0 Å². The standard InChI is InChI=1S/C13H15N3O2S/c1-7(2)16-6-9(5-14-16)12-15-10(8-3-4-8)11(19-12)13(17)18/h5-8H,3-4H2,1-2H3,(H,17,18). The Morgan fingerprint density at radius 1 is 1.53 bits per heavy atom. The lowest BCUT2D eigenvalue weighted by molar-refractivity contribution is 0.0700. The van der Waals surface area contributed by atoms with Crippen LogP contribution in [0.25, 0.3) is 10.6 Å². The Labute approximate surface area is 114 Å². The van der Waals surface area contributed by atoms with Crippen molar-refractivity contribution in [2.24, 2.45) is 0 Å². The van der Waals surface area contributed by atoms with Crippen LogP contribution >= 0.6 is 11.3 Å². The van der Waals surface area contributed by atoms with Crippen molar-refractivity contribution in [1.82, 2.24) is 14.8 Å². The molecule has 1 N–H and O–H groups in total. The molecule has 19 heavy (non-hydrogen) atoms. The summed E-state index contributed by atoms with van der Waals surface area (Å²) in [4.78, 5) is 16.2. The Morgan fingerprint density at radius 2 is 2.26 bits per heavy atom. The first-order valence-corrected chi connectivity index (χ1v) is 7.16. The largest absolute Gasteiger partial charge is 0.477 e. The van der Waals surface area contributed by atoms with E-state index in [1.165, 1.54) is 11.3 Å². The minimum atomic E-state index is -0.873. The van der Waals surface area contributed by atoms with Gasteiger partial charge in [0.1, 0.15) is 9.88 Å². The molecule has 0 atom stereocenters. The summed E-state index contributed by atoms with van der Waals surface area (Å²) in [7, 11) is 0. The van der Waals surface area contributed by atoms with E-state index < -0.39 is 5.97 Å². The summed E-state index contributed by atoms with van der Waals surface area (Å²) in [5.74, 6) is -0.529. The number of hydrogen-bond acceptors (Lipinski definition) is 4. The maximum absolute atomic E-state index is 11.3. The van der Waals surface area contributed by atoms with E-state index >= 15 is 0 Å². The van der Waals surface area contributed by atoms with Gasteiger partial charge in [-0.2, -0.15) is 5.10 Å². The average Bonchev–Trinajstić information content (AvgIpc) is 2.93. The fourth-order valence-electron chi connectivity index (χ4n) is 1.97. The van der Waals surface area contributed by atoms with Gasteiger partial charge < -0.3 is 5.11 Å². The van der Waals surface area contributed by atoms with Gasteiger partial charge in [-0.25, -0.2) is 9.78 Å². The van der Waals surface area contributed by atoms with Crippen molar-refractivity contribution in [1.29, 1.82) is 0 Å². The van der Waals surface area contributed by atoms with Crippen molar-refractivity contribution in [2.75, 3.05) is 0 Å². The first-order chi connectivity index (χ1) is 9.06. The average molecular weight is 277 g/mol. The predicted octanol–water partition coefficient (Wildman–Crippen LogP) is 3.16. The predicted molar refractivity (Wildman–Crippen MR) is 72.7 cm³/mol. The number of hydrogen-bond donors (Lipinski definition) is 1. The molecule has 100 valence electrons. The molecule has 1 aliphatic rings. The Kier molecular flexibility index (Phi) is 2.89. The molecule has 1 fully saturated rings. The third-order valence-electron chi connectivity index (χ3n) is 3.19. The van der Waals surface area contributed by atoms with Gasteiger partial charge in [-0.05, 0) is 26.7 Å². The molecule has 2 heterocycles. The minimum Gasteiger partial charge on any atom is -0.477 e. The molecule has 0 spiro atoms. The van der Waals surface area contributed by atoms with Crippen LogP contribution in [0, 0.1) is 0 Å². The number of aromatic carboxylic acids is 1. The Bertz CT molecular complexity index is 626. The molecular weight excluding hydrogens is 262 g/mol. The molecule has 2 aromatic heterocycles. The first kappa shape index (κ1) is 12.3. The molecule has 0 radical (unpaired) electrons. The zero-order chi connectivity index (χ0) is 13.6. The third-order valence-corrected chi connectivity index (χ3v) is 4.30. The van der Waals surface area contributed by atoms with E-state index in [-0.39, 0.29) is 6.04 Å². The number of rotatable bonds is 4. The van der Waals surface area contributed by atoms with Crippen LogP contribution in [0.1, 0.15) is 54.0 Å². The van der Waals surface area contributed by atoms with E-state index in [1.54, 1.807) is 6.20 Å². The zero-order valence-electron chi connectivity index (χ0n) is 10.8. The molecule has 6 heteroatoms. The Balaban J connectivity index is 2.00. The van der Waals surface area contributed by atoms with E-state index in [0.29, 0.717) is 10.8 Å². The molecule has 2 aromatic rings. The van der Waals surface area contributed by atoms with Gasteiger partial charge in [-0.15, -0.1) is 11.3 Å². The summed E-state index contributed by atoms with van der Waals surface area (Å²) < 4.78 is 1.86. The van der Waals surface area contributed by atoms with Gasteiger partial charge >= 0.3 is 5.97 Å². The first-order valence-electron chi connectivity index (χ1n) is 6.35. The van der Waals surface area contributed by atoms with E-state index in [0.717, 1.165) is 29.1 Å². The van der Waals surface area contributed by atoms with Crippen molar-refractivity contribution in [3.05, 3.63) is 23.0 Å². The molecule has 3 rings (SSSR count). The number of carbonyl (C=O) groups is 1. The van der Waals surface area contributed by atoms with Gasteiger partial charge in [-0.3, -0.25) is 4.68 Å². The van der Waals surface area contributed by atoms with E-state index in [1.807, 2.05) is 10.9 Å². The van der Waals surface area contributed by atoms with Crippen LogP contribution in [-0.4, -0.2) is 25.8 Å². The quantitative estimate of drug-likeness (QED) is 0.932. The lowest BCUT2D eigenvalue weighted by Gasteiger charge is -2.02. The number of carboxylic acid groups (broad SMARTS) is 1. The molecule has 0 saturated heterocycles.